The van der Waals surface area contributed by atoms with E-state index < -0.39 is 14.9 Å². The first kappa shape index (κ1) is 20.0. The molecule has 0 saturated heterocycles. The predicted molar refractivity (Wildman–Crippen MR) is 100 cm³/mol. The summed E-state index contributed by atoms with van der Waals surface area (Å²) < 4.78 is 27.4. The molecule has 2 aromatic rings. The van der Waals surface area contributed by atoms with Crippen LogP contribution in [-0.2, 0) is 23.1 Å². The van der Waals surface area contributed by atoms with Crippen LogP contribution in [0.1, 0.15) is 23.6 Å². The third-order valence-electron chi connectivity index (χ3n) is 4.14. The molecular weight excluding hydrogens is 354 g/mol. The van der Waals surface area contributed by atoms with Gasteiger partial charge < -0.3 is 4.90 Å². The second-order valence-corrected chi connectivity index (χ2v) is 7.95. The first-order valence-electron chi connectivity index (χ1n) is 8.24. The predicted octanol–water partition coefficient (Wildman–Crippen LogP) is 2.83. The first-order valence-corrected chi connectivity index (χ1v) is 9.72. The molecule has 26 heavy (non-hydrogen) atoms. The van der Waals surface area contributed by atoms with Crippen molar-refractivity contribution in [3.05, 3.63) is 69.3 Å². The molecule has 2 rings (SSSR count). The molecule has 7 nitrogen and oxygen atoms in total. The van der Waals surface area contributed by atoms with Gasteiger partial charge in [-0.3, -0.25) is 10.1 Å². The van der Waals surface area contributed by atoms with Gasteiger partial charge in [0, 0.05) is 24.7 Å². The number of nitrogens with one attached hydrogen (secondary N) is 1. The normalized spacial score (nSPS) is 11.7. The van der Waals surface area contributed by atoms with Crippen LogP contribution in [0.3, 0.4) is 0 Å². The molecule has 0 spiro atoms. The lowest BCUT2D eigenvalue weighted by Gasteiger charge is -2.14. The van der Waals surface area contributed by atoms with E-state index in [0.29, 0.717) is 5.56 Å². The summed E-state index contributed by atoms with van der Waals surface area (Å²) in [6.45, 7) is 5.46. The lowest BCUT2D eigenvalue weighted by atomic mass is 10.1. The highest BCUT2D eigenvalue weighted by Crippen LogP contribution is 2.22. The Hall–Kier alpha value is -2.29. The molecule has 8 heteroatoms. The van der Waals surface area contributed by atoms with Gasteiger partial charge in [0.1, 0.15) is 0 Å². The van der Waals surface area contributed by atoms with E-state index in [1.165, 1.54) is 12.1 Å². The topological polar surface area (TPSA) is 92.6 Å². The summed E-state index contributed by atoms with van der Waals surface area (Å²) in [5.41, 5.74) is 2.13. The third kappa shape index (κ3) is 5.10. The van der Waals surface area contributed by atoms with Crippen molar-refractivity contribution in [2.75, 3.05) is 13.6 Å². The van der Waals surface area contributed by atoms with Crippen LogP contribution < -0.4 is 4.72 Å². The number of hydrogen-bond acceptors (Lipinski definition) is 5. The highest BCUT2D eigenvalue weighted by Gasteiger charge is 2.19. The Morgan fingerprint density at radius 1 is 1.15 bits per heavy atom. The number of benzene rings is 2. The zero-order valence-corrected chi connectivity index (χ0v) is 15.9. The van der Waals surface area contributed by atoms with Crippen LogP contribution >= 0.6 is 0 Å². The quantitative estimate of drug-likeness (QED) is 0.564. The number of sulfonamides is 1. The summed E-state index contributed by atoms with van der Waals surface area (Å²) >= 11 is 0. The molecule has 2 aromatic carbocycles. The van der Waals surface area contributed by atoms with E-state index in [2.05, 4.69) is 16.5 Å². The van der Waals surface area contributed by atoms with Crippen LogP contribution in [0, 0.1) is 17.0 Å². The number of aryl methyl sites for hydroxylation is 1. The van der Waals surface area contributed by atoms with Gasteiger partial charge in [-0.05, 0) is 37.7 Å². The molecular formula is C18H23N3O4S. The van der Waals surface area contributed by atoms with Crippen LogP contribution in [0.4, 0.5) is 5.69 Å². The summed E-state index contributed by atoms with van der Waals surface area (Å²) in [7, 11) is -1.82. The Morgan fingerprint density at radius 2 is 1.85 bits per heavy atom. The summed E-state index contributed by atoms with van der Waals surface area (Å²) in [6, 6.07) is 11.6. The zero-order valence-electron chi connectivity index (χ0n) is 15.1. The molecule has 0 aliphatic heterocycles. The second-order valence-electron chi connectivity index (χ2n) is 6.18. The molecule has 1 N–H and O–H groups in total. The van der Waals surface area contributed by atoms with Crippen molar-refractivity contribution in [2.45, 2.75) is 31.8 Å². The molecule has 0 bridgehead atoms. The molecule has 0 fully saturated rings. The SMILES string of the molecule is CCN(C)Cc1cccc(CNS(=O)(=O)c2ccc(C)c([N+](=O)[O-])c2)c1. The Morgan fingerprint density at radius 3 is 2.50 bits per heavy atom. The monoisotopic (exact) mass is 377 g/mol. The Bertz CT molecular complexity index is 897. The van der Waals surface area contributed by atoms with E-state index in [1.54, 1.807) is 6.92 Å². The van der Waals surface area contributed by atoms with Crippen molar-refractivity contribution >= 4 is 15.7 Å². The number of nitrogens with zero attached hydrogens (tertiary/aromatic N) is 2. The van der Waals surface area contributed by atoms with Crippen molar-refractivity contribution in [1.29, 1.82) is 0 Å². The van der Waals surface area contributed by atoms with Crippen LogP contribution in [0.2, 0.25) is 0 Å². The van der Waals surface area contributed by atoms with E-state index in [4.69, 9.17) is 0 Å². The standard InChI is InChI=1S/C18H23N3O4S/c1-4-20(3)13-16-7-5-6-15(10-16)12-19-26(24,25)17-9-8-14(2)18(11-17)21(22)23/h5-11,19H,4,12-13H2,1-3H3. The van der Waals surface area contributed by atoms with Crippen molar-refractivity contribution in [3.8, 4) is 0 Å². The van der Waals surface area contributed by atoms with Gasteiger partial charge in [-0.15, -0.1) is 0 Å². The van der Waals surface area contributed by atoms with E-state index in [9.17, 15) is 18.5 Å². The minimum absolute atomic E-state index is 0.114. The van der Waals surface area contributed by atoms with Gasteiger partial charge in [0.05, 0.1) is 9.82 Å². The highest BCUT2D eigenvalue weighted by atomic mass is 32.2. The first-order chi connectivity index (χ1) is 12.2. The fraction of sp³-hybridized carbons (Fsp3) is 0.333. The summed E-state index contributed by atoms with van der Waals surface area (Å²) in [6.07, 6.45) is 0. The number of nitro benzene ring substituents is 1. The maximum absolute atomic E-state index is 12.5. The number of rotatable bonds is 8. The lowest BCUT2D eigenvalue weighted by molar-refractivity contribution is -0.385. The third-order valence-corrected chi connectivity index (χ3v) is 5.54. The van der Waals surface area contributed by atoms with Gasteiger partial charge in [-0.25, -0.2) is 13.1 Å². The maximum Gasteiger partial charge on any atom is 0.273 e. The van der Waals surface area contributed by atoms with E-state index in [0.717, 1.165) is 30.3 Å². The fourth-order valence-electron chi connectivity index (χ4n) is 2.48. The van der Waals surface area contributed by atoms with Gasteiger partial charge >= 0.3 is 0 Å². The largest absolute Gasteiger partial charge is 0.302 e. The molecule has 0 amide bonds. The van der Waals surface area contributed by atoms with Crippen LogP contribution in [0.15, 0.2) is 47.4 Å². The fourth-order valence-corrected chi connectivity index (χ4v) is 3.51. The molecule has 140 valence electrons. The Kier molecular flexibility index (Phi) is 6.47. The highest BCUT2D eigenvalue weighted by molar-refractivity contribution is 7.89. The minimum atomic E-state index is -3.84. The zero-order chi connectivity index (χ0) is 19.3. The van der Waals surface area contributed by atoms with Crippen LogP contribution in [0.5, 0.6) is 0 Å². The van der Waals surface area contributed by atoms with Gasteiger partial charge in [-0.2, -0.15) is 0 Å². The Balaban J connectivity index is 2.15. The maximum atomic E-state index is 12.5. The van der Waals surface area contributed by atoms with Gasteiger partial charge in [0.15, 0.2) is 0 Å². The van der Waals surface area contributed by atoms with Gasteiger partial charge in [0.2, 0.25) is 10.0 Å². The molecule has 0 unspecified atom stereocenters. The number of nitro groups is 1. The van der Waals surface area contributed by atoms with Gasteiger partial charge in [0.25, 0.3) is 5.69 Å². The molecule has 0 heterocycles. The van der Waals surface area contributed by atoms with Crippen molar-refractivity contribution in [2.24, 2.45) is 0 Å². The van der Waals surface area contributed by atoms with Crippen LogP contribution in [0.25, 0.3) is 0 Å². The molecule has 0 aliphatic carbocycles. The smallest absolute Gasteiger partial charge is 0.273 e. The molecule has 0 aliphatic rings. The van der Waals surface area contributed by atoms with E-state index in [-0.39, 0.29) is 17.1 Å². The molecule has 0 aromatic heterocycles. The minimum Gasteiger partial charge on any atom is -0.302 e. The van der Waals surface area contributed by atoms with Crippen molar-refractivity contribution in [3.63, 3.8) is 0 Å². The average molecular weight is 377 g/mol. The van der Waals surface area contributed by atoms with E-state index >= 15 is 0 Å². The van der Waals surface area contributed by atoms with Crippen molar-refractivity contribution in [1.82, 2.24) is 9.62 Å². The molecule has 0 atom stereocenters. The lowest BCUT2D eigenvalue weighted by Crippen LogP contribution is -2.23. The summed E-state index contributed by atoms with van der Waals surface area (Å²) in [5.74, 6) is 0. The van der Waals surface area contributed by atoms with E-state index in [1.807, 2.05) is 31.3 Å². The summed E-state index contributed by atoms with van der Waals surface area (Å²) in [4.78, 5) is 12.5. The molecule has 0 saturated carbocycles. The second kappa shape index (κ2) is 8.39. The molecule has 0 radical (unpaired) electrons. The van der Waals surface area contributed by atoms with Crippen LogP contribution in [-0.4, -0.2) is 31.8 Å². The average Bonchev–Trinajstić information content (AvgIpc) is 2.60. The number of hydrogen-bond donors (Lipinski definition) is 1. The van der Waals surface area contributed by atoms with Gasteiger partial charge in [-0.1, -0.05) is 37.3 Å². The van der Waals surface area contributed by atoms with Crippen molar-refractivity contribution < 1.29 is 13.3 Å². The Labute approximate surface area is 153 Å². The summed E-state index contributed by atoms with van der Waals surface area (Å²) in [5, 5.41) is 11.0.